The van der Waals surface area contributed by atoms with Crippen molar-refractivity contribution in [3.05, 3.63) is 41.5 Å². The SMILES string of the molecule is CCCCOc1cc2c(cc1C(=O)/C=C/c1c(OC)cc(OC)cc1OC)OCS2=O. The number of carbonyl (C=O) groups excluding carboxylic acids is 1. The van der Waals surface area contributed by atoms with Crippen molar-refractivity contribution >= 4 is 22.7 Å². The van der Waals surface area contributed by atoms with Crippen LogP contribution in [0.3, 0.4) is 0 Å². The van der Waals surface area contributed by atoms with Crippen LogP contribution < -0.4 is 23.7 Å². The summed E-state index contributed by atoms with van der Waals surface area (Å²) in [5.41, 5.74) is 0.947. The quantitative estimate of drug-likeness (QED) is 0.307. The van der Waals surface area contributed by atoms with E-state index in [0.717, 1.165) is 12.8 Å². The number of unbranched alkanes of at least 4 members (excludes halogenated alkanes) is 1. The van der Waals surface area contributed by atoms with Gasteiger partial charge in [0.1, 0.15) is 28.7 Å². The minimum atomic E-state index is -1.26. The standard InChI is InChI=1S/C23H26O7S/c1-5-6-9-29-21-13-23-22(30-14-31(23)25)12-17(21)18(24)8-7-16-19(27-3)10-15(26-2)11-20(16)28-4/h7-8,10-13H,5-6,9,14H2,1-4H3/b8-7+. The fourth-order valence-corrected chi connectivity index (χ4v) is 4.04. The summed E-state index contributed by atoms with van der Waals surface area (Å²) in [5, 5.41) is 0. The lowest BCUT2D eigenvalue weighted by Gasteiger charge is -2.13. The number of ketones is 1. The highest BCUT2D eigenvalue weighted by Gasteiger charge is 2.25. The second-order valence-electron chi connectivity index (χ2n) is 6.75. The molecule has 0 saturated heterocycles. The van der Waals surface area contributed by atoms with Gasteiger partial charge in [0.2, 0.25) is 0 Å². The molecule has 1 aliphatic heterocycles. The van der Waals surface area contributed by atoms with Gasteiger partial charge in [0.05, 0.1) is 54.8 Å². The van der Waals surface area contributed by atoms with Crippen LogP contribution >= 0.6 is 0 Å². The Balaban J connectivity index is 1.96. The van der Waals surface area contributed by atoms with E-state index in [9.17, 15) is 9.00 Å². The Labute approximate surface area is 184 Å². The van der Waals surface area contributed by atoms with E-state index >= 15 is 0 Å². The van der Waals surface area contributed by atoms with Crippen molar-refractivity contribution in [2.24, 2.45) is 0 Å². The van der Waals surface area contributed by atoms with Crippen LogP contribution in [0.4, 0.5) is 0 Å². The predicted molar refractivity (Wildman–Crippen MR) is 118 cm³/mol. The molecule has 0 spiro atoms. The van der Waals surface area contributed by atoms with Crippen LogP contribution in [-0.4, -0.2) is 43.9 Å². The van der Waals surface area contributed by atoms with Gasteiger partial charge in [0, 0.05) is 18.2 Å². The van der Waals surface area contributed by atoms with Crippen molar-refractivity contribution in [1.82, 2.24) is 0 Å². The Bertz CT molecular complexity index is 988. The molecular weight excluding hydrogens is 420 g/mol. The van der Waals surface area contributed by atoms with Crippen molar-refractivity contribution < 1.29 is 32.7 Å². The number of fused-ring (bicyclic) bond motifs is 1. The van der Waals surface area contributed by atoms with Crippen LogP contribution in [0.15, 0.2) is 35.2 Å². The van der Waals surface area contributed by atoms with E-state index in [4.69, 9.17) is 23.7 Å². The van der Waals surface area contributed by atoms with Gasteiger partial charge < -0.3 is 23.7 Å². The van der Waals surface area contributed by atoms with E-state index in [1.165, 1.54) is 20.3 Å². The Hall–Kier alpha value is -3.00. The largest absolute Gasteiger partial charge is 0.496 e. The maximum Gasteiger partial charge on any atom is 0.189 e. The molecule has 0 fully saturated rings. The zero-order valence-corrected chi connectivity index (χ0v) is 18.9. The van der Waals surface area contributed by atoms with Crippen LogP contribution in [0.1, 0.15) is 35.7 Å². The van der Waals surface area contributed by atoms with Gasteiger partial charge in [0.15, 0.2) is 11.7 Å². The monoisotopic (exact) mass is 446 g/mol. The summed E-state index contributed by atoms with van der Waals surface area (Å²) in [4.78, 5) is 13.6. The molecule has 0 N–H and O–H groups in total. The van der Waals surface area contributed by atoms with E-state index in [0.29, 0.717) is 51.4 Å². The molecule has 0 saturated carbocycles. The molecule has 166 valence electrons. The van der Waals surface area contributed by atoms with E-state index in [-0.39, 0.29) is 11.7 Å². The molecule has 1 heterocycles. The highest BCUT2D eigenvalue weighted by molar-refractivity contribution is 7.85. The van der Waals surface area contributed by atoms with E-state index in [2.05, 4.69) is 6.92 Å². The first-order valence-corrected chi connectivity index (χ1v) is 11.2. The Morgan fingerprint density at radius 2 is 1.77 bits per heavy atom. The fourth-order valence-electron chi connectivity index (χ4n) is 3.10. The van der Waals surface area contributed by atoms with Crippen LogP contribution in [0.5, 0.6) is 28.7 Å². The second kappa shape index (κ2) is 10.3. The first-order valence-electron chi connectivity index (χ1n) is 9.86. The normalized spacial score (nSPS) is 14.8. The Morgan fingerprint density at radius 3 is 2.39 bits per heavy atom. The average molecular weight is 447 g/mol. The minimum Gasteiger partial charge on any atom is -0.496 e. The zero-order chi connectivity index (χ0) is 22.4. The highest BCUT2D eigenvalue weighted by atomic mass is 32.2. The number of methoxy groups -OCH3 is 3. The molecule has 0 aliphatic carbocycles. The van der Waals surface area contributed by atoms with Gasteiger partial charge in [-0.1, -0.05) is 13.3 Å². The lowest BCUT2D eigenvalue weighted by atomic mass is 10.1. The molecule has 0 radical (unpaired) electrons. The van der Waals surface area contributed by atoms with Gasteiger partial charge in [-0.2, -0.15) is 0 Å². The topological polar surface area (TPSA) is 80.3 Å². The maximum atomic E-state index is 13.1. The molecular formula is C23H26O7S. The third-order valence-electron chi connectivity index (χ3n) is 4.79. The molecule has 0 amide bonds. The van der Waals surface area contributed by atoms with Crippen molar-refractivity contribution in [1.29, 1.82) is 0 Å². The summed E-state index contributed by atoms with van der Waals surface area (Å²) in [6.45, 7) is 2.52. The average Bonchev–Trinajstić information content (AvgIpc) is 3.16. The first kappa shape index (κ1) is 22.7. The molecule has 3 rings (SSSR count). The lowest BCUT2D eigenvalue weighted by molar-refractivity contribution is 0.104. The summed E-state index contributed by atoms with van der Waals surface area (Å²) < 4.78 is 39.5. The van der Waals surface area contributed by atoms with E-state index in [1.54, 1.807) is 37.5 Å². The number of carbonyl (C=O) groups is 1. The number of rotatable bonds is 10. The smallest absolute Gasteiger partial charge is 0.189 e. The number of allylic oxidation sites excluding steroid dienone is 1. The molecule has 0 bridgehead atoms. The molecule has 8 heteroatoms. The minimum absolute atomic E-state index is 0.0808. The van der Waals surface area contributed by atoms with E-state index < -0.39 is 10.8 Å². The molecule has 31 heavy (non-hydrogen) atoms. The predicted octanol–water partition coefficient (Wildman–Crippen LogP) is 4.24. The second-order valence-corrected chi connectivity index (χ2v) is 8.11. The molecule has 7 nitrogen and oxygen atoms in total. The molecule has 1 aliphatic rings. The molecule has 1 atom stereocenters. The molecule has 2 aromatic carbocycles. The Morgan fingerprint density at radius 1 is 1.06 bits per heavy atom. The number of hydrogen-bond acceptors (Lipinski definition) is 7. The summed E-state index contributed by atoms with van der Waals surface area (Å²) in [5.74, 6) is 2.23. The third-order valence-corrected chi connectivity index (χ3v) is 5.93. The van der Waals surface area contributed by atoms with Gasteiger partial charge in [-0.25, -0.2) is 0 Å². The summed E-state index contributed by atoms with van der Waals surface area (Å²) in [6.07, 6.45) is 4.86. The van der Waals surface area contributed by atoms with Crippen molar-refractivity contribution in [2.45, 2.75) is 24.7 Å². The van der Waals surface area contributed by atoms with Gasteiger partial charge >= 0.3 is 0 Å². The maximum absolute atomic E-state index is 13.1. The van der Waals surface area contributed by atoms with Gasteiger partial charge in [-0.05, 0) is 24.6 Å². The Kier molecular flexibility index (Phi) is 7.57. The third kappa shape index (κ3) is 5.02. The molecule has 0 aromatic heterocycles. The zero-order valence-electron chi connectivity index (χ0n) is 18.1. The molecule has 2 aromatic rings. The summed E-state index contributed by atoms with van der Waals surface area (Å²) in [7, 11) is 3.36. The van der Waals surface area contributed by atoms with Crippen LogP contribution in [0.25, 0.3) is 6.08 Å². The number of benzene rings is 2. The lowest BCUT2D eigenvalue weighted by Crippen LogP contribution is -2.04. The fraction of sp³-hybridized carbons (Fsp3) is 0.348. The van der Waals surface area contributed by atoms with Gasteiger partial charge in [-0.15, -0.1) is 0 Å². The summed E-state index contributed by atoms with van der Waals surface area (Å²) in [6, 6.07) is 6.66. The van der Waals surface area contributed by atoms with E-state index in [1.807, 2.05) is 0 Å². The van der Waals surface area contributed by atoms with Crippen molar-refractivity contribution in [3.63, 3.8) is 0 Å². The van der Waals surface area contributed by atoms with Crippen LogP contribution in [0, 0.1) is 0 Å². The first-order chi connectivity index (χ1) is 15.0. The van der Waals surface area contributed by atoms with Crippen LogP contribution in [-0.2, 0) is 10.8 Å². The van der Waals surface area contributed by atoms with Gasteiger partial charge in [-0.3, -0.25) is 9.00 Å². The van der Waals surface area contributed by atoms with Gasteiger partial charge in [0.25, 0.3) is 0 Å². The van der Waals surface area contributed by atoms with Crippen molar-refractivity contribution in [2.75, 3.05) is 33.9 Å². The van der Waals surface area contributed by atoms with Crippen LogP contribution in [0.2, 0.25) is 0 Å². The highest BCUT2D eigenvalue weighted by Crippen LogP contribution is 2.37. The molecule has 1 unspecified atom stereocenters. The number of hydrogen-bond donors (Lipinski definition) is 0. The van der Waals surface area contributed by atoms with Crippen molar-refractivity contribution in [3.8, 4) is 28.7 Å². The summed E-state index contributed by atoms with van der Waals surface area (Å²) >= 11 is 0. The number of ether oxygens (including phenoxy) is 5.